The summed E-state index contributed by atoms with van der Waals surface area (Å²) in [5, 5.41) is 0. The van der Waals surface area contributed by atoms with Gasteiger partial charge in [0.25, 0.3) is 0 Å². The molecule has 0 heterocycles. The number of halogens is 9. The Morgan fingerprint density at radius 2 is 0.591 bits per heavy atom. The predicted octanol–water partition coefficient (Wildman–Crippen LogP) is 23.8. The fourth-order valence-corrected chi connectivity index (χ4v) is 10.9. The first kappa shape index (κ1) is 84.5. The molecule has 0 atom stereocenters. The van der Waals surface area contributed by atoms with Crippen LogP contribution in [-0.2, 0) is 18.5 Å². The molecule has 0 saturated carbocycles. The Balaban J connectivity index is 0.000000560. The van der Waals surface area contributed by atoms with Crippen molar-refractivity contribution in [2.75, 3.05) is 56.6 Å². The molecular weight excluding hydrogens is 1190 g/mol. The summed E-state index contributed by atoms with van der Waals surface area (Å²) in [6.07, 6.45) is -12.9. The van der Waals surface area contributed by atoms with E-state index in [4.69, 9.17) is 0 Å². The molecule has 0 aliphatic carbocycles. The largest absolute Gasteiger partial charge is 0.416 e. The Morgan fingerprint density at radius 1 is 0.301 bits per heavy atom. The lowest BCUT2D eigenvalue weighted by atomic mass is 10.0. The van der Waals surface area contributed by atoms with Gasteiger partial charge in [-0.3, -0.25) is 0 Å². The zero-order valence-corrected chi connectivity index (χ0v) is 62.0. The van der Waals surface area contributed by atoms with Gasteiger partial charge < -0.3 is 29.4 Å². The summed E-state index contributed by atoms with van der Waals surface area (Å²) in [5.74, 6) is 0. The normalized spacial score (nSPS) is 12.3. The summed E-state index contributed by atoms with van der Waals surface area (Å²) < 4.78 is 113. The summed E-state index contributed by atoms with van der Waals surface area (Å²) in [6, 6.07) is 42.6. The van der Waals surface area contributed by atoms with Gasteiger partial charge in [-0.05, 0) is 276 Å². The summed E-state index contributed by atoms with van der Waals surface area (Å²) in [6.45, 7) is 58.8. The van der Waals surface area contributed by atoms with Crippen molar-refractivity contribution >= 4 is 34.1 Å². The van der Waals surface area contributed by atoms with E-state index in [0.29, 0.717) is 29.6 Å². The molecule has 0 spiro atoms. The van der Waals surface area contributed by atoms with Gasteiger partial charge in [0.1, 0.15) is 0 Å². The van der Waals surface area contributed by atoms with E-state index in [1.165, 1.54) is 70.2 Å². The molecule has 0 bridgehead atoms. The molecule has 0 saturated heterocycles. The van der Waals surface area contributed by atoms with E-state index >= 15 is 0 Å². The minimum absolute atomic E-state index is 0.133. The first-order chi connectivity index (χ1) is 42.0. The standard InChI is InChI=1S/C14H20F3N.C14H23N.C13H18F3N.C13H21N.C12H16F3N.C12H19N/c1-10(2)18(13(3,4)5)12-8-6-7-11(9-12)14(15,16)17;1-11(2)15(14(4,5)6)13-10-8-7-9-12(13)3;1-5-17(12(2,3)4)11-8-6-7-10(9-11)13(14,15)16;1-6-14(13(3,4)5)12-10-8-7-9-11(12)2;1-11(2,3)16(4)10-7-5-6-9(8-10)12(13,14)15;1-10-8-6-7-9-11(10)13(5)12(2,3)4/h6-10H,1-5H3;7-11H,1-6H3;6-9H,5H2,1-4H3;7-10H,6H2,1-5H3;5-8H,1-4H3;6-9H,1-5H3. The first-order valence-electron chi connectivity index (χ1n) is 32.3. The Hall–Kier alpha value is -6.51. The average Bonchev–Trinajstić information content (AvgIpc) is 0.862. The van der Waals surface area contributed by atoms with Crippen molar-refractivity contribution in [2.24, 2.45) is 0 Å². The molecule has 0 aromatic heterocycles. The molecule has 0 radical (unpaired) electrons. The van der Waals surface area contributed by atoms with Gasteiger partial charge in [0, 0.05) is 107 Å². The summed E-state index contributed by atoms with van der Waals surface area (Å²) in [4.78, 5) is 13.0. The Morgan fingerprint density at radius 3 is 0.882 bits per heavy atom. The third kappa shape index (κ3) is 27.8. The number of aryl methyl sites for hydroxylation is 3. The van der Waals surface area contributed by atoms with Crippen molar-refractivity contribution < 1.29 is 39.5 Å². The Bertz CT molecular complexity index is 3140. The number of para-hydroxylation sites is 3. The summed E-state index contributed by atoms with van der Waals surface area (Å²) in [7, 11) is 3.93. The highest BCUT2D eigenvalue weighted by Crippen LogP contribution is 2.37. The highest BCUT2D eigenvalue weighted by atomic mass is 19.4. The van der Waals surface area contributed by atoms with Crippen LogP contribution in [0.2, 0.25) is 0 Å². The summed E-state index contributed by atoms with van der Waals surface area (Å²) >= 11 is 0. The second kappa shape index (κ2) is 34.2. The third-order valence-corrected chi connectivity index (χ3v) is 15.5. The lowest BCUT2D eigenvalue weighted by Crippen LogP contribution is -2.46. The maximum Gasteiger partial charge on any atom is 0.416 e. The van der Waals surface area contributed by atoms with Gasteiger partial charge in [0.2, 0.25) is 0 Å². The smallest absolute Gasteiger partial charge is 0.370 e. The van der Waals surface area contributed by atoms with Crippen LogP contribution in [0.25, 0.3) is 0 Å². The van der Waals surface area contributed by atoms with Crippen LogP contribution in [0.5, 0.6) is 0 Å². The van der Waals surface area contributed by atoms with Crippen LogP contribution in [0.1, 0.15) is 200 Å². The van der Waals surface area contributed by atoms with Crippen LogP contribution in [0, 0.1) is 20.8 Å². The maximum atomic E-state index is 12.7. The molecule has 6 nitrogen and oxygen atoms in total. The van der Waals surface area contributed by atoms with Gasteiger partial charge in [-0.15, -0.1) is 0 Å². The van der Waals surface area contributed by atoms with Crippen molar-refractivity contribution in [3.8, 4) is 0 Å². The van der Waals surface area contributed by atoms with E-state index in [1.807, 2.05) is 97.8 Å². The number of anilines is 6. The van der Waals surface area contributed by atoms with Crippen molar-refractivity contribution in [1.29, 1.82) is 0 Å². The first-order valence-corrected chi connectivity index (χ1v) is 32.3. The third-order valence-electron chi connectivity index (χ3n) is 15.5. The molecule has 0 amide bonds. The monoisotopic (exact) mass is 1310 g/mol. The second-order valence-corrected chi connectivity index (χ2v) is 30.1. The number of hydrogen-bond donors (Lipinski definition) is 0. The Labute approximate surface area is 557 Å². The lowest BCUT2D eigenvalue weighted by molar-refractivity contribution is -0.138. The molecule has 0 N–H and O–H groups in total. The average molecular weight is 1310 g/mol. The predicted molar refractivity (Wildman–Crippen MR) is 384 cm³/mol. The van der Waals surface area contributed by atoms with Gasteiger partial charge in [-0.1, -0.05) is 72.8 Å². The molecule has 6 aromatic rings. The van der Waals surface area contributed by atoms with Crippen LogP contribution in [-0.4, -0.2) is 72.5 Å². The Kier molecular flexibility index (Phi) is 31.1. The van der Waals surface area contributed by atoms with E-state index in [-0.39, 0.29) is 39.3 Å². The highest BCUT2D eigenvalue weighted by molar-refractivity contribution is 5.58. The van der Waals surface area contributed by atoms with Gasteiger partial charge in [0.05, 0.1) is 16.7 Å². The molecule has 6 aromatic carbocycles. The van der Waals surface area contributed by atoms with E-state index in [1.54, 1.807) is 25.2 Å². The molecule has 0 aliphatic heterocycles. The number of nitrogens with zero attached hydrogens (tertiary/aromatic N) is 6. The van der Waals surface area contributed by atoms with Crippen molar-refractivity contribution in [1.82, 2.24) is 0 Å². The number of hydrogen-bond acceptors (Lipinski definition) is 6. The molecule has 93 heavy (non-hydrogen) atoms. The van der Waals surface area contributed by atoms with E-state index < -0.39 is 35.2 Å². The van der Waals surface area contributed by atoms with Crippen molar-refractivity contribution in [2.45, 2.75) is 251 Å². The fraction of sp³-hybridized carbons (Fsp3) is 0.538. The second-order valence-electron chi connectivity index (χ2n) is 30.1. The van der Waals surface area contributed by atoms with E-state index in [0.717, 1.165) is 24.7 Å². The molecular formula is C78H117F9N6. The molecule has 0 aliphatic rings. The van der Waals surface area contributed by atoms with Crippen LogP contribution < -0.4 is 29.4 Å². The minimum atomic E-state index is -4.30. The number of alkyl halides is 9. The molecule has 15 heteroatoms. The van der Waals surface area contributed by atoms with E-state index in [9.17, 15) is 39.5 Å². The lowest BCUT2D eigenvalue weighted by Gasteiger charge is -2.42. The van der Waals surface area contributed by atoms with Crippen LogP contribution in [0.4, 0.5) is 73.6 Å². The molecule has 6 rings (SSSR count). The molecule has 0 fully saturated rings. The van der Waals surface area contributed by atoms with Crippen LogP contribution >= 0.6 is 0 Å². The zero-order chi connectivity index (χ0) is 72.4. The maximum absolute atomic E-state index is 12.7. The highest BCUT2D eigenvalue weighted by Gasteiger charge is 2.35. The van der Waals surface area contributed by atoms with Gasteiger partial charge in [-0.25, -0.2) is 0 Å². The van der Waals surface area contributed by atoms with Crippen molar-refractivity contribution in [3.05, 3.63) is 179 Å². The van der Waals surface area contributed by atoms with Crippen LogP contribution in [0.15, 0.2) is 146 Å². The van der Waals surface area contributed by atoms with Crippen LogP contribution in [0.3, 0.4) is 0 Å². The van der Waals surface area contributed by atoms with Gasteiger partial charge >= 0.3 is 18.5 Å². The topological polar surface area (TPSA) is 19.4 Å². The van der Waals surface area contributed by atoms with E-state index in [2.05, 4.69) is 198 Å². The van der Waals surface area contributed by atoms with Crippen molar-refractivity contribution in [3.63, 3.8) is 0 Å². The molecule has 0 unspecified atom stereocenters. The number of rotatable bonds is 10. The van der Waals surface area contributed by atoms with Gasteiger partial charge in [0.15, 0.2) is 0 Å². The number of benzene rings is 6. The molecule has 522 valence electrons. The quantitative estimate of drug-likeness (QED) is 0.126. The minimum Gasteiger partial charge on any atom is -0.370 e. The zero-order valence-electron chi connectivity index (χ0n) is 62.0. The van der Waals surface area contributed by atoms with Gasteiger partial charge in [-0.2, -0.15) is 39.5 Å². The SMILES string of the molecule is CC(C)N(c1cccc(C(F)(F)F)c1)C(C)(C)C.CCN(c1cccc(C(F)(F)F)c1)C(C)(C)C.CCN(c1ccccc1C)C(C)(C)C.CN(c1cccc(C(F)(F)F)c1)C(C)(C)C.Cc1ccccc1N(C(C)C)C(C)(C)C.Cc1ccccc1N(C)C(C)(C)C. The fourth-order valence-electron chi connectivity index (χ4n) is 10.9. The summed E-state index contributed by atoms with van der Waals surface area (Å²) in [5.41, 5.74) is 7.94.